The fourth-order valence-electron chi connectivity index (χ4n) is 2.43. The van der Waals surface area contributed by atoms with Gasteiger partial charge in [-0.05, 0) is 25.3 Å². The van der Waals surface area contributed by atoms with Crippen molar-refractivity contribution in [2.45, 2.75) is 44.6 Å². The number of hydrogen-bond acceptors (Lipinski definition) is 2. The van der Waals surface area contributed by atoms with Crippen molar-refractivity contribution in [1.82, 2.24) is 5.32 Å². The van der Waals surface area contributed by atoms with Crippen LogP contribution in [-0.2, 0) is 11.2 Å². The van der Waals surface area contributed by atoms with Crippen molar-refractivity contribution in [1.29, 1.82) is 0 Å². The minimum absolute atomic E-state index is 0.0146. The Morgan fingerprint density at radius 1 is 1.28 bits per heavy atom. The summed E-state index contributed by atoms with van der Waals surface area (Å²) >= 11 is 0. The zero-order chi connectivity index (χ0) is 13.0. The van der Waals surface area contributed by atoms with Crippen molar-refractivity contribution in [2.24, 2.45) is 0 Å². The molecule has 0 heterocycles. The standard InChI is InChI=1S/C15H21NO2/c1-12-4-6-13(7-5-12)10-14(17)16-11-15(18)8-2-3-9-15/h4-7,18H,2-3,8-11H2,1H3,(H,16,17). The van der Waals surface area contributed by atoms with Crippen LogP contribution < -0.4 is 5.32 Å². The Morgan fingerprint density at radius 2 is 1.89 bits per heavy atom. The second-order valence-electron chi connectivity index (χ2n) is 5.37. The second-order valence-corrected chi connectivity index (χ2v) is 5.37. The average Bonchev–Trinajstić information content (AvgIpc) is 2.78. The molecule has 0 aliphatic heterocycles. The lowest BCUT2D eigenvalue weighted by molar-refractivity contribution is -0.121. The lowest BCUT2D eigenvalue weighted by atomic mass is 10.0. The van der Waals surface area contributed by atoms with Gasteiger partial charge in [-0.3, -0.25) is 4.79 Å². The van der Waals surface area contributed by atoms with E-state index in [0.29, 0.717) is 13.0 Å². The van der Waals surface area contributed by atoms with Crippen LogP contribution in [0, 0.1) is 6.92 Å². The largest absolute Gasteiger partial charge is 0.388 e. The molecule has 0 unspecified atom stereocenters. The molecule has 1 fully saturated rings. The molecular formula is C15H21NO2. The highest BCUT2D eigenvalue weighted by molar-refractivity contribution is 5.78. The van der Waals surface area contributed by atoms with Crippen molar-refractivity contribution < 1.29 is 9.90 Å². The predicted octanol–water partition coefficient (Wildman–Crippen LogP) is 1.96. The van der Waals surface area contributed by atoms with E-state index in [1.807, 2.05) is 31.2 Å². The molecule has 0 bridgehead atoms. The van der Waals surface area contributed by atoms with E-state index in [0.717, 1.165) is 31.2 Å². The number of amides is 1. The quantitative estimate of drug-likeness (QED) is 0.854. The zero-order valence-electron chi connectivity index (χ0n) is 10.9. The number of carbonyl (C=O) groups is 1. The van der Waals surface area contributed by atoms with Gasteiger partial charge >= 0.3 is 0 Å². The fraction of sp³-hybridized carbons (Fsp3) is 0.533. The van der Waals surface area contributed by atoms with Crippen LogP contribution >= 0.6 is 0 Å². The molecular weight excluding hydrogens is 226 g/mol. The summed E-state index contributed by atoms with van der Waals surface area (Å²) < 4.78 is 0. The Labute approximate surface area is 108 Å². The maximum Gasteiger partial charge on any atom is 0.224 e. The van der Waals surface area contributed by atoms with E-state index in [-0.39, 0.29) is 5.91 Å². The summed E-state index contributed by atoms with van der Waals surface area (Å²) in [5.41, 5.74) is 1.54. The Kier molecular flexibility index (Phi) is 4.02. The normalized spacial score (nSPS) is 17.7. The van der Waals surface area contributed by atoms with E-state index in [4.69, 9.17) is 0 Å². The first-order chi connectivity index (χ1) is 8.57. The fourth-order valence-corrected chi connectivity index (χ4v) is 2.43. The summed E-state index contributed by atoms with van der Waals surface area (Å²) in [6.45, 7) is 2.41. The molecule has 0 radical (unpaired) electrons. The minimum atomic E-state index is -0.664. The molecule has 0 spiro atoms. The van der Waals surface area contributed by atoms with Crippen LogP contribution in [0.2, 0.25) is 0 Å². The molecule has 18 heavy (non-hydrogen) atoms. The van der Waals surface area contributed by atoms with Crippen LogP contribution in [-0.4, -0.2) is 23.2 Å². The molecule has 0 saturated heterocycles. The molecule has 1 aromatic rings. The van der Waals surface area contributed by atoms with Crippen molar-refractivity contribution in [2.75, 3.05) is 6.54 Å². The van der Waals surface area contributed by atoms with Gasteiger partial charge in [0.25, 0.3) is 0 Å². The van der Waals surface area contributed by atoms with Crippen molar-refractivity contribution in [3.63, 3.8) is 0 Å². The number of aryl methyl sites for hydroxylation is 1. The highest BCUT2D eigenvalue weighted by Gasteiger charge is 2.31. The monoisotopic (exact) mass is 247 g/mol. The molecule has 1 amide bonds. The van der Waals surface area contributed by atoms with Crippen LogP contribution in [0.25, 0.3) is 0 Å². The SMILES string of the molecule is Cc1ccc(CC(=O)NCC2(O)CCCC2)cc1. The van der Waals surface area contributed by atoms with Crippen molar-refractivity contribution in [3.05, 3.63) is 35.4 Å². The first kappa shape index (κ1) is 13.1. The third kappa shape index (κ3) is 3.57. The lowest BCUT2D eigenvalue weighted by Gasteiger charge is -2.22. The van der Waals surface area contributed by atoms with Crippen LogP contribution in [0.1, 0.15) is 36.8 Å². The first-order valence-electron chi connectivity index (χ1n) is 6.62. The predicted molar refractivity (Wildman–Crippen MR) is 71.3 cm³/mol. The second kappa shape index (κ2) is 5.53. The number of aliphatic hydroxyl groups is 1. The van der Waals surface area contributed by atoms with E-state index in [1.54, 1.807) is 0 Å². The van der Waals surface area contributed by atoms with Crippen LogP contribution in [0.4, 0.5) is 0 Å². The highest BCUT2D eigenvalue weighted by Crippen LogP contribution is 2.28. The maximum absolute atomic E-state index is 11.8. The van der Waals surface area contributed by atoms with Gasteiger partial charge in [0.2, 0.25) is 5.91 Å². The topological polar surface area (TPSA) is 49.3 Å². The van der Waals surface area contributed by atoms with Crippen LogP contribution in [0.3, 0.4) is 0 Å². The van der Waals surface area contributed by atoms with E-state index < -0.39 is 5.60 Å². The van der Waals surface area contributed by atoms with Crippen molar-refractivity contribution in [3.8, 4) is 0 Å². The van der Waals surface area contributed by atoms with Crippen molar-refractivity contribution >= 4 is 5.91 Å². The summed E-state index contributed by atoms with van der Waals surface area (Å²) in [4.78, 5) is 11.8. The molecule has 3 heteroatoms. The molecule has 0 atom stereocenters. The summed E-state index contributed by atoms with van der Waals surface area (Å²) in [7, 11) is 0. The Bertz CT molecular complexity index is 405. The summed E-state index contributed by atoms with van der Waals surface area (Å²) in [6, 6.07) is 7.96. The smallest absolute Gasteiger partial charge is 0.224 e. The number of carbonyl (C=O) groups excluding carboxylic acids is 1. The molecule has 1 aliphatic rings. The summed E-state index contributed by atoms with van der Waals surface area (Å²) in [6.07, 6.45) is 4.11. The van der Waals surface area contributed by atoms with Crippen LogP contribution in [0.15, 0.2) is 24.3 Å². The Hall–Kier alpha value is -1.35. The van der Waals surface area contributed by atoms with E-state index in [2.05, 4.69) is 5.32 Å². The summed E-state index contributed by atoms with van der Waals surface area (Å²) in [5, 5.41) is 13.0. The van der Waals surface area contributed by atoms with Gasteiger partial charge in [0.15, 0.2) is 0 Å². The molecule has 2 rings (SSSR count). The highest BCUT2D eigenvalue weighted by atomic mass is 16.3. The average molecular weight is 247 g/mol. The molecule has 1 aliphatic carbocycles. The Balaban J connectivity index is 1.80. The van der Waals surface area contributed by atoms with Gasteiger partial charge in [-0.1, -0.05) is 42.7 Å². The zero-order valence-corrected chi connectivity index (χ0v) is 10.9. The van der Waals surface area contributed by atoms with Gasteiger partial charge in [0.05, 0.1) is 12.0 Å². The maximum atomic E-state index is 11.8. The van der Waals surface area contributed by atoms with E-state index >= 15 is 0 Å². The van der Waals surface area contributed by atoms with Gasteiger partial charge in [0.1, 0.15) is 0 Å². The lowest BCUT2D eigenvalue weighted by Crippen LogP contribution is -2.41. The third-order valence-corrected chi connectivity index (χ3v) is 3.63. The third-order valence-electron chi connectivity index (χ3n) is 3.63. The number of benzene rings is 1. The van der Waals surface area contributed by atoms with Crippen LogP contribution in [0.5, 0.6) is 0 Å². The molecule has 3 nitrogen and oxygen atoms in total. The molecule has 0 aromatic heterocycles. The van der Waals surface area contributed by atoms with Gasteiger partial charge in [-0.15, -0.1) is 0 Å². The molecule has 1 aromatic carbocycles. The molecule has 1 saturated carbocycles. The van der Waals surface area contributed by atoms with E-state index in [1.165, 1.54) is 5.56 Å². The van der Waals surface area contributed by atoms with Gasteiger partial charge in [0, 0.05) is 6.54 Å². The number of rotatable bonds is 4. The Morgan fingerprint density at radius 3 is 2.50 bits per heavy atom. The molecule has 98 valence electrons. The number of hydrogen-bond donors (Lipinski definition) is 2. The van der Waals surface area contributed by atoms with Gasteiger partial charge in [-0.25, -0.2) is 0 Å². The minimum Gasteiger partial charge on any atom is -0.388 e. The van der Waals surface area contributed by atoms with E-state index in [9.17, 15) is 9.90 Å². The first-order valence-corrected chi connectivity index (χ1v) is 6.62. The number of nitrogens with one attached hydrogen (secondary N) is 1. The van der Waals surface area contributed by atoms with Gasteiger partial charge in [-0.2, -0.15) is 0 Å². The summed E-state index contributed by atoms with van der Waals surface area (Å²) in [5.74, 6) is -0.0146. The van der Waals surface area contributed by atoms with Gasteiger partial charge < -0.3 is 10.4 Å². The molecule has 2 N–H and O–H groups in total.